The lowest BCUT2D eigenvalue weighted by Crippen LogP contribution is -2.45. The average Bonchev–Trinajstić information content (AvgIpc) is 2.76. The molecule has 1 fully saturated rings. The van der Waals surface area contributed by atoms with E-state index >= 15 is 0 Å². The number of halogens is 1. The Balaban J connectivity index is 0.000000349. The highest BCUT2D eigenvalue weighted by Gasteiger charge is 2.23. The van der Waals surface area contributed by atoms with Crippen LogP contribution in [0.3, 0.4) is 0 Å². The van der Waals surface area contributed by atoms with E-state index in [1.807, 2.05) is 0 Å². The molecule has 0 atom stereocenters. The van der Waals surface area contributed by atoms with Gasteiger partial charge < -0.3 is 16.4 Å². The number of benzene rings is 2. The van der Waals surface area contributed by atoms with E-state index in [0.717, 1.165) is 45.6 Å². The lowest BCUT2D eigenvalue weighted by molar-refractivity contribution is 0.198. The van der Waals surface area contributed by atoms with Gasteiger partial charge in [-0.25, -0.2) is 0 Å². The van der Waals surface area contributed by atoms with E-state index in [4.69, 9.17) is 16.6 Å². The number of nitrogens with one attached hydrogen (secondary N) is 5. The highest BCUT2D eigenvalue weighted by Crippen LogP contribution is 2.28. The van der Waals surface area contributed by atoms with Gasteiger partial charge in [0.15, 0.2) is 11.9 Å². The number of nitrogens with zero attached hydrogens (tertiary/aromatic N) is 1. The monoisotopic (exact) mass is 445 g/mol. The number of hydrogen-bond acceptors (Lipinski definition) is 4. The van der Waals surface area contributed by atoms with E-state index < -0.39 is 0 Å². The van der Waals surface area contributed by atoms with E-state index in [-0.39, 0.29) is 24.3 Å². The summed E-state index contributed by atoms with van der Waals surface area (Å²) in [6.07, 6.45) is 2.10. The van der Waals surface area contributed by atoms with E-state index in [2.05, 4.69) is 88.4 Å². The van der Waals surface area contributed by atoms with Crippen molar-refractivity contribution in [2.45, 2.75) is 25.8 Å². The summed E-state index contributed by atoms with van der Waals surface area (Å²) in [6.45, 7) is 7.19. The molecule has 0 saturated carbocycles. The fraction of sp³-hybridized carbons (Fsp3) is 0.391. The van der Waals surface area contributed by atoms with Gasteiger partial charge in [0.05, 0.1) is 6.04 Å². The van der Waals surface area contributed by atoms with E-state index in [9.17, 15) is 0 Å². The third kappa shape index (κ3) is 9.83. The lowest BCUT2D eigenvalue weighted by Gasteiger charge is -2.35. The molecule has 7 nitrogen and oxygen atoms in total. The van der Waals surface area contributed by atoms with Crippen LogP contribution in [-0.2, 0) is 0 Å². The Labute approximate surface area is 192 Å². The topological polar surface area (TPSA) is 113 Å². The van der Waals surface area contributed by atoms with Crippen LogP contribution in [0.4, 0.5) is 0 Å². The highest BCUT2D eigenvalue weighted by molar-refractivity contribution is 5.94. The Hall–Kier alpha value is -2.61. The zero-order chi connectivity index (χ0) is 21.6. The zero-order valence-corrected chi connectivity index (χ0v) is 19.0. The van der Waals surface area contributed by atoms with Gasteiger partial charge in [0, 0.05) is 32.7 Å². The normalized spacial score (nSPS) is 13.4. The summed E-state index contributed by atoms with van der Waals surface area (Å²) < 4.78 is 0. The smallest absolute Gasteiger partial charge is 0.195 e. The molecule has 1 heterocycles. The first-order valence-electron chi connectivity index (χ1n) is 10.6. The maximum absolute atomic E-state index is 7.15. The number of unbranched alkanes of at least 4 members (excludes halogenated alkanes) is 1. The molecular formula is C23H36ClN7. The fourth-order valence-electron chi connectivity index (χ4n) is 3.39. The van der Waals surface area contributed by atoms with Crippen molar-refractivity contribution in [2.75, 3.05) is 32.7 Å². The summed E-state index contributed by atoms with van der Waals surface area (Å²) in [4.78, 5) is 2.57. The van der Waals surface area contributed by atoms with Crippen molar-refractivity contribution in [3.8, 4) is 0 Å². The predicted molar refractivity (Wildman–Crippen MR) is 132 cm³/mol. The largest absolute Gasteiger partial charge is 0.370 e. The number of piperazine rings is 1. The minimum Gasteiger partial charge on any atom is -0.370 e. The summed E-state index contributed by atoms with van der Waals surface area (Å²) >= 11 is 0. The van der Waals surface area contributed by atoms with Gasteiger partial charge in [-0.2, -0.15) is 0 Å². The second kappa shape index (κ2) is 15.2. The first-order chi connectivity index (χ1) is 14.6. The fourth-order valence-corrected chi connectivity index (χ4v) is 3.39. The first-order valence-corrected chi connectivity index (χ1v) is 10.6. The Morgan fingerprint density at radius 3 is 1.97 bits per heavy atom. The van der Waals surface area contributed by atoms with Gasteiger partial charge in [-0.15, -0.1) is 12.4 Å². The van der Waals surface area contributed by atoms with Crippen LogP contribution in [0.5, 0.6) is 0 Å². The second-order valence-corrected chi connectivity index (χ2v) is 7.20. The maximum Gasteiger partial charge on any atom is 0.195 e. The SMILES string of the molecule is CCCCNC(=N)NC(=N)N.Cl.c1ccc(C(c2ccccc2)N2CCNCC2)cc1. The van der Waals surface area contributed by atoms with Crippen LogP contribution in [0, 0.1) is 10.8 Å². The standard InChI is InChI=1S/C17H20N2.C6H15N5.ClH/c1-3-7-15(8-4-1)17(16-9-5-2-6-10-16)19-13-11-18-12-14-19;1-2-3-4-10-6(9)11-5(7)8;/h1-10,17-18H,11-14H2;2-4H2,1H3,(H6,7,8,9,10,11);1H. The molecule has 0 aliphatic carbocycles. The third-order valence-electron chi connectivity index (χ3n) is 4.84. The summed E-state index contributed by atoms with van der Waals surface area (Å²) in [5.74, 6) is -0.120. The van der Waals surface area contributed by atoms with Gasteiger partial charge >= 0.3 is 0 Å². The maximum atomic E-state index is 7.15. The Morgan fingerprint density at radius 2 is 1.52 bits per heavy atom. The molecule has 0 aromatic heterocycles. The quantitative estimate of drug-likeness (QED) is 0.232. The van der Waals surface area contributed by atoms with Gasteiger partial charge in [-0.05, 0) is 17.5 Å². The highest BCUT2D eigenvalue weighted by atomic mass is 35.5. The lowest BCUT2D eigenvalue weighted by atomic mass is 9.96. The van der Waals surface area contributed by atoms with Gasteiger partial charge in [-0.1, -0.05) is 74.0 Å². The summed E-state index contributed by atoms with van der Waals surface area (Å²) in [5, 5.41) is 22.5. The Bertz CT molecular complexity index is 710. The molecule has 0 amide bonds. The number of nitrogens with two attached hydrogens (primary N) is 1. The molecule has 2 aromatic carbocycles. The summed E-state index contributed by atoms with van der Waals surface area (Å²) in [6, 6.07) is 22.0. The molecule has 0 radical (unpaired) electrons. The van der Waals surface area contributed by atoms with Crippen LogP contribution in [0.25, 0.3) is 0 Å². The number of rotatable bonds is 6. The van der Waals surface area contributed by atoms with Crippen LogP contribution in [-0.4, -0.2) is 49.5 Å². The molecule has 170 valence electrons. The van der Waals surface area contributed by atoms with Crippen LogP contribution in [0.1, 0.15) is 36.9 Å². The van der Waals surface area contributed by atoms with E-state index in [1.54, 1.807) is 0 Å². The average molecular weight is 446 g/mol. The molecule has 7 N–H and O–H groups in total. The molecule has 0 unspecified atom stereocenters. The molecule has 31 heavy (non-hydrogen) atoms. The molecule has 0 bridgehead atoms. The molecule has 1 aliphatic heterocycles. The van der Waals surface area contributed by atoms with Crippen molar-refractivity contribution >= 4 is 24.3 Å². The van der Waals surface area contributed by atoms with Crippen LogP contribution < -0.4 is 21.7 Å². The van der Waals surface area contributed by atoms with Crippen molar-refractivity contribution in [3.05, 3.63) is 71.8 Å². The Morgan fingerprint density at radius 1 is 1.00 bits per heavy atom. The van der Waals surface area contributed by atoms with Crippen molar-refractivity contribution in [2.24, 2.45) is 5.73 Å². The zero-order valence-electron chi connectivity index (χ0n) is 18.2. The number of guanidine groups is 2. The molecular weight excluding hydrogens is 410 g/mol. The summed E-state index contributed by atoms with van der Waals surface area (Å²) in [7, 11) is 0. The van der Waals surface area contributed by atoms with Crippen molar-refractivity contribution < 1.29 is 0 Å². The van der Waals surface area contributed by atoms with Crippen LogP contribution in [0.15, 0.2) is 60.7 Å². The summed E-state index contributed by atoms with van der Waals surface area (Å²) in [5.41, 5.74) is 7.76. The van der Waals surface area contributed by atoms with Gasteiger partial charge in [0.25, 0.3) is 0 Å². The minimum absolute atomic E-state index is 0. The molecule has 8 heteroatoms. The molecule has 0 spiro atoms. The Kier molecular flexibility index (Phi) is 13.0. The second-order valence-electron chi connectivity index (χ2n) is 7.20. The van der Waals surface area contributed by atoms with Crippen molar-refractivity contribution in [3.63, 3.8) is 0 Å². The van der Waals surface area contributed by atoms with E-state index in [0.29, 0.717) is 6.04 Å². The van der Waals surface area contributed by atoms with E-state index in [1.165, 1.54) is 11.1 Å². The predicted octanol–water partition coefficient (Wildman–Crippen LogP) is 2.90. The minimum atomic E-state index is -0.209. The van der Waals surface area contributed by atoms with Gasteiger partial charge in [0.1, 0.15) is 0 Å². The van der Waals surface area contributed by atoms with Crippen LogP contribution >= 0.6 is 12.4 Å². The van der Waals surface area contributed by atoms with Crippen molar-refractivity contribution in [1.29, 1.82) is 10.8 Å². The van der Waals surface area contributed by atoms with Crippen LogP contribution in [0.2, 0.25) is 0 Å². The molecule has 1 aliphatic rings. The molecule has 3 rings (SSSR count). The third-order valence-corrected chi connectivity index (χ3v) is 4.84. The molecule has 1 saturated heterocycles. The van der Waals surface area contributed by atoms with Gasteiger partial charge in [0.2, 0.25) is 0 Å². The van der Waals surface area contributed by atoms with Gasteiger partial charge in [-0.3, -0.25) is 21.0 Å². The number of hydrogen-bond donors (Lipinski definition) is 6. The first kappa shape index (κ1) is 26.4. The van der Waals surface area contributed by atoms with Crippen molar-refractivity contribution in [1.82, 2.24) is 20.9 Å². The molecule has 2 aromatic rings.